The summed E-state index contributed by atoms with van der Waals surface area (Å²) in [5, 5.41) is 84.8. The Balaban J connectivity index is 0.000000110. The number of Topliss-reactive ketones (excluding diaryl/α,β-unsaturated/α-hetero) is 3. The number of aliphatic hydroxyl groups excluding tert-OH is 2. The summed E-state index contributed by atoms with van der Waals surface area (Å²) in [5.74, 6) is -0.0803. The highest BCUT2D eigenvalue weighted by Gasteiger charge is 2.36. The van der Waals surface area contributed by atoms with Crippen LogP contribution in [0.2, 0.25) is 0 Å². The molecule has 13 N–H and O–H groups in total. The van der Waals surface area contributed by atoms with Crippen LogP contribution >= 0.6 is 11.3 Å². The average molecular weight is 1940 g/mol. The number of thiophene rings is 1. The number of fused-ring (bicyclic) bond motifs is 10. The fourth-order valence-corrected chi connectivity index (χ4v) is 19.3. The lowest BCUT2D eigenvalue weighted by Crippen LogP contribution is -2.39. The third-order valence-corrected chi connectivity index (χ3v) is 27.3. The van der Waals surface area contributed by atoms with Crippen molar-refractivity contribution < 1.29 is 62.5 Å². The lowest BCUT2D eigenvalue weighted by atomic mass is 9.92. The molecule has 14 aromatic carbocycles. The maximum atomic E-state index is 13.0. The quantitative estimate of drug-likeness (QED) is 0.0280. The molecule has 720 valence electrons. The number of carbonyl (C=O) groups is 9. The number of nitrogens with one attached hydrogen (secondary N) is 11. The van der Waals surface area contributed by atoms with E-state index in [2.05, 4.69) is 156 Å². The first kappa shape index (κ1) is 94.6. The van der Waals surface area contributed by atoms with Gasteiger partial charge in [0.1, 0.15) is 34.5 Å². The van der Waals surface area contributed by atoms with Gasteiger partial charge in [0.25, 0.3) is 0 Å². The number of para-hydroxylation sites is 2. The number of ether oxygens (including phenoxy) is 1. The van der Waals surface area contributed by atoms with Gasteiger partial charge in [-0.05, 0) is 205 Å². The Kier molecular flexibility index (Phi) is 27.3. The minimum absolute atomic E-state index is 0.00760. The summed E-state index contributed by atoms with van der Waals surface area (Å²) >= 11 is 1.69. The van der Waals surface area contributed by atoms with Crippen LogP contribution in [0, 0.1) is 11.3 Å². The van der Waals surface area contributed by atoms with E-state index < -0.39 is 36.5 Å². The predicted octanol–water partition coefficient (Wildman–Crippen LogP) is 22.2. The summed E-state index contributed by atoms with van der Waals surface area (Å²) in [5.41, 5.74) is 16.2. The summed E-state index contributed by atoms with van der Waals surface area (Å²) in [6.07, 6.45) is 3.96. The van der Waals surface area contributed by atoms with Crippen LogP contribution in [0.4, 0.5) is 28.4 Å². The van der Waals surface area contributed by atoms with Crippen molar-refractivity contribution in [2.45, 2.75) is 77.2 Å². The van der Waals surface area contributed by atoms with Crippen LogP contribution in [-0.4, -0.2) is 140 Å². The molecule has 0 radical (unpaired) electrons. The van der Waals surface area contributed by atoms with Gasteiger partial charge in [0, 0.05) is 125 Å². The van der Waals surface area contributed by atoms with E-state index >= 15 is 0 Å². The highest BCUT2D eigenvalue weighted by molar-refractivity contribution is 7.22. The molecule has 1 aliphatic heterocycles. The van der Waals surface area contributed by atoms with Crippen LogP contribution < -0.4 is 36.6 Å². The molecule has 0 bridgehead atoms. The molecule has 3 aliphatic rings. The summed E-state index contributed by atoms with van der Waals surface area (Å²) < 4.78 is 12.8. The second kappa shape index (κ2) is 41.8. The number of furan rings is 1. The first-order valence-electron chi connectivity index (χ1n) is 47.5. The maximum absolute atomic E-state index is 13.0. The number of rotatable bonds is 22. The van der Waals surface area contributed by atoms with Crippen LogP contribution in [-0.2, 0) is 33.6 Å². The first-order valence-corrected chi connectivity index (χ1v) is 48.3. The Morgan fingerprint density at radius 2 is 0.917 bits per heavy atom. The van der Waals surface area contributed by atoms with E-state index in [1.807, 2.05) is 218 Å². The molecule has 21 aromatic rings. The average Bonchev–Trinajstić information content (AvgIpc) is 1.66. The molecule has 29 nitrogen and oxygen atoms in total. The van der Waals surface area contributed by atoms with Gasteiger partial charge in [-0.3, -0.25) is 68.6 Å². The molecular formula is C115H96N16O13S. The first-order chi connectivity index (χ1) is 70.6. The van der Waals surface area contributed by atoms with Gasteiger partial charge < -0.3 is 51.3 Å². The summed E-state index contributed by atoms with van der Waals surface area (Å²) in [6.45, 7) is 2.48. The summed E-state index contributed by atoms with van der Waals surface area (Å²) in [6, 6.07) is 101. The molecule has 0 spiro atoms. The number of amides is 6. The number of hydrogen-bond donors (Lipinski definition) is 13. The Labute approximate surface area is 832 Å². The van der Waals surface area contributed by atoms with Crippen molar-refractivity contribution in [1.82, 2.24) is 56.3 Å². The zero-order valence-electron chi connectivity index (χ0n) is 78.6. The van der Waals surface area contributed by atoms with E-state index in [1.54, 1.807) is 42.5 Å². The molecule has 2 unspecified atom stereocenters. The lowest BCUT2D eigenvalue weighted by Gasteiger charge is -2.23. The predicted molar refractivity (Wildman–Crippen MR) is 566 cm³/mol. The molecule has 2 fully saturated rings. The van der Waals surface area contributed by atoms with E-state index in [0.29, 0.717) is 71.2 Å². The molecule has 145 heavy (non-hydrogen) atoms. The second-order valence-corrected chi connectivity index (χ2v) is 37.3. The Morgan fingerprint density at radius 1 is 0.441 bits per heavy atom. The number of ketones is 3. The number of aromatic amines is 5. The summed E-state index contributed by atoms with van der Waals surface area (Å²) in [4.78, 5) is 110. The van der Waals surface area contributed by atoms with Crippen molar-refractivity contribution in [1.29, 1.82) is 0 Å². The second-order valence-electron chi connectivity index (χ2n) is 36.2. The highest BCUT2D eigenvalue weighted by atomic mass is 32.1. The third kappa shape index (κ3) is 21.0. The van der Waals surface area contributed by atoms with Crippen LogP contribution in [0.15, 0.2) is 320 Å². The monoisotopic (exact) mass is 1940 g/mol. The fraction of sp³-hybridized carbons (Fsp3) is 0.148. The number of aromatic nitrogens is 10. The number of nitrogens with zero attached hydrogens (tertiary/aromatic N) is 5. The van der Waals surface area contributed by atoms with Gasteiger partial charge in [-0.25, -0.2) is 0 Å². The third-order valence-electron chi connectivity index (χ3n) is 26.2. The van der Waals surface area contributed by atoms with Crippen molar-refractivity contribution in [2.75, 3.05) is 46.4 Å². The molecule has 24 rings (SSSR count). The van der Waals surface area contributed by atoms with Gasteiger partial charge in [0.2, 0.25) is 35.4 Å². The van der Waals surface area contributed by atoms with E-state index in [-0.39, 0.29) is 72.1 Å². The van der Waals surface area contributed by atoms with Crippen LogP contribution in [0.5, 0.6) is 5.75 Å². The van der Waals surface area contributed by atoms with Crippen LogP contribution in [0.1, 0.15) is 97.4 Å². The zero-order valence-corrected chi connectivity index (χ0v) is 79.4. The van der Waals surface area contributed by atoms with Crippen molar-refractivity contribution in [2.24, 2.45) is 11.3 Å². The number of benzene rings is 14. The zero-order chi connectivity index (χ0) is 99.8. The van der Waals surface area contributed by atoms with Gasteiger partial charge in [-0.1, -0.05) is 176 Å². The Bertz CT molecular complexity index is 8500. The van der Waals surface area contributed by atoms with Gasteiger partial charge in [-0.15, -0.1) is 11.3 Å². The van der Waals surface area contributed by atoms with Crippen molar-refractivity contribution in [3.8, 4) is 61.5 Å². The molecule has 7 aromatic heterocycles. The van der Waals surface area contributed by atoms with E-state index in [9.17, 15) is 53.4 Å². The van der Waals surface area contributed by atoms with E-state index in [0.717, 1.165) is 156 Å². The van der Waals surface area contributed by atoms with Crippen molar-refractivity contribution in [3.05, 3.63) is 332 Å². The van der Waals surface area contributed by atoms with Crippen molar-refractivity contribution in [3.63, 3.8) is 0 Å². The molecule has 3 atom stereocenters. The maximum Gasteiger partial charge on any atom is 0.246 e. The smallest absolute Gasteiger partial charge is 0.246 e. The summed E-state index contributed by atoms with van der Waals surface area (Å²) in [7, 11) is 0. The number of carbonyl (C=O) groups excluding carboxylic acids is 9. The lowest BCUT2D eigenvalue weighted by molar-refractivity contribution is -0.129. The largest absolute Gasteiger partial charge is 0.493 e. The normalized spacial score (nSPS) is 14.2. The number of H-pyrrole nitrogens is 5. The van der Waals surface area contributed by atoms with Crippen LogP contribution in [0.25, 0.3) is 153 Å². The molecule has 30 heteroatoms. The topological polar surface area (TPSA) is 432 Å². The van der Waals surface area contributed by atoms with Crippen molar-refractivity contribution >= 4 is 190 Å². The molecular weight excluding hydrogens is 1850 g/mol. The minimum Gasteiger partial charge on any atom is -0.493 e. The Morgan fingerprint density at radius 3 is 1.46 bits per heavy atom. The fourth-order valence-electron chi connectivity index (χ4n) is 18.2. The van der Waals surface area contributed by atoms with Gasteiger partial charge in [0.05, 0.1) is 87.1 Å². The van der Waals surface area contributed by atoms with Gasteiger partial charge in [0.15, 0.2) is 17.3 Å². The SMILES string of the molecule is CC(=O)c1ccc(-c2n[nH]c3ccc(NC(=O)CCOc4ccccc4)cc23)cc1.CC(CO)(CO)C(=O)Nc1ccc2[nH]nc(-c3ccc4ccccc4c3)c2c1.O=C(CC1CCCC1=O)Nc1ccc2[nH]nc(-c3ccc4ccccc4c3)c2c1.O=C1CC(C(=O)Nc2ccc3[nH]nc(-c4cc5ccccc5o4)c3c2)c2ccccc21.O=C1CC[C@@H](C(=O)Nc2ccc3[nH]nc(-c4cc5ccccc5s4)c3c2)N1. The van der Waals surface area contributed by atoms with E-state index in [1.165, 1.54) is 22.4 Å². The number of anilines is 5. The molecule has 6 amide bonds. The van der Waals surface area contributed by atoms with Gasteiger partial charge >= 0.3 is 0 Å². The highest BCUT2D eigenvalue weighted by Crippen LogP contribution is 2.42. The molecule has 8 heterocycles. The van der Waals surface area contributed by atoms with E-state index in [4.69, 9.17) is 9.15 Å². The standard InChI is InChI=1S/C25H17N3O3.C24H21N3O3.C24H21N3O2.C22H21N3O3.C20H16N4O2S/c29-21-13-18(16-6-2-3-7-17(16)21)25(30)26-15-9-10-20-19(12-15)24(28-27-20)23-11-14-5-1-4-8-22(14)31-23;1-16(28)17-7-9-18(10-8-17)24-21-15-19(11-12-22(21)26-27-24)25-23(29)13-14-30-20-5-3-2-4-6-20;28-22-7-3-6-17(22)13-23(29)25-19-10-11-21-20(14-19)24(27-26-21)18-9-8-15-4-1-2-5-16(15)12-18;1-22(12-26,13-27)21(28)23-17-8-9-19-18(11-17)20(25-24-19)16-7-6-14-4-2-3-5-15(14)10-16;25-18-8-7-15(22-18)20(26)21-12-5-6-14-13(10-12)19(24-23-14)17-9-11-3-1-2-4-16(11)27-17/h1-12,18H,13H2,(H,26,30)(H,27,28);2-12,15H,13-14H2,1H3,(H,25,29)(H,26,27);1-2,4-5,8-12,14,17H,3,6-7,13H2,(H,25,29)(H,26,27);2-11,26-27H,12-13H2,1H3,(H,23,28)(H,24,25);1-6,9-10,15H,7-8H2,(H,21,26)(H,22,25)(H,23,24)/t;;;;15-/m....0/s1. The number of hydrogen-bond acceptors (Lipinski definition) is 19. The van der Waals surface area contributed by atoms with Gasteiger partial charge in [-0.2, -0.15) is 25.5 Å². The number of aliphatic hydroxyl groups is 2. The molecule has 1 saturated carbocycles. The molecule has 2 aliphatic carbocycles. The van der Waals surface area contributed by atoms with Crippen LogP contribution in [0.3, 0.4) is 0 Å². The Hall–Kier alpha value is -18.0. The minimum atomic E-state index is -1.24. The molecule has 1 saturated heterocycles.